The van der Waals surface area contributed by atoms with Gasteiger partial charge >= 0.3 is 0 Å². The van der Waals surface area contributed by atoms with E-state index in [1.807, 2.05) is 30.3 Å². The molecule has 2 aromatic carbocycles. The topological polar surface area (TPSA) is 75.4 Å². The maximum atomic E-state index is 13.2. The molecule has 0 aliphatic carbocycles. The standard InChI is InChI=1S/C20H18FN3O3/c1-13-18(19(23-27-13)14-7-4-3-5-8-14)20(26)24(2)12-17(25)22-16-10-6-9-15(21)11-16/h3-11H,12H2,1-2H3,(H,22,25). The Kier molecular flexibility index (Phi) is 5.30. The molecule has 0 saturated heterocycles. The van der Waals surface area contributed by atoms with Gasteiger partial charge in [0.05, 0.1) is 6.54 Å². The Bertz CT molecular complexity index is 970. The lowest BCUT2D eigenvalue weighted by molar-refractivity contribution is -0.116. The first kappa shape index (κ1) is 18.3. The van der Waals surface area contributed by atoms with Crippen molar-refractivity contribution in [2.24, 2.45) is 0 Å². The van der Waals surface area contributed by atoms with Crippen molar-refractivity contribution in [2.75, 3.05) is 18.9 Å². The molecule has 1 N–H and O–H groups in total. The smallest absolute Gasteiger partial charge is 0.259 e. The van der Waals surface area contributed by atoms with E-state index in [1.54, 1.807) is 13.0 Å². The van der Waals surface area contributed by atoms with Gasteiger partial charge in [-0.3, -0.25) is 9.59 Å². The third kappa shape index (κ3) is 4.20. The van der Waals surface area contributed by atoms with Crippen LogP contribution in [-0.2, 0) is 4.79 Å². The third-order valence-electron chi connectivity index (χ3n) is 3.96. The number of nitrogens with zero attached hydrogens (tertiary/aromatic N) is 2. The molecular formula is C20H18FN3O3. The van der Waals surface area contributed by atoms with Crippen molar-refractivity contribution in [1.82, 2.24) is 10.1 Å². The van der Waals surface area contributed by atoms with Crippen molar-refractivity contribution in [2.45, 2.75) is 6.92 Å². The molecule has 138 valence electrons. The Morgan fingerprint density at radius 1 is 1.15 bits per heavy atom. The molecule has 7 heteroatoms. The largest absolute Gasteiger partial charge is 0.360 e. The predicted molar refractivity (Wildman–Crippen MR) is 98.7 cm³/mol. The Balaban J connectivity index is 1.74. The fourth-order valence-electron chi connectivity index (χ4n) is 2.66. The molecule has 0 fully saturated rings. The fraction of sp³-hybridized carbons (Fsp3) is 0.150. The predicted octanol–water partition coefficient (Wildman–Crippen LogP) is 3.50. The summed E-state index contributed by atoms with van der Waals surface area (Å²) in [6.45, 7) is 1.45. The zero-order valence-corrected chi connectivity index (χ0v) is 14.9. The first-order valence-electron chi connectivity index (χ1n) is 8.28. The van der Waals surface area contributed by atoms with Crippen molar-refractivity contribution in [3.05, 3.63) is 71.7 Å². The van der Waals surface area contributed by atoms with Gasteiger partial charge in [-0.15, -0.1) is 0 Å². The molecule has 2 amide bonds. The molecule has 27 heavy (non-hydrogen) atoms. The summed E-state index contributed by atoms with van der Waals surface area (Å²) in [7, 11) is 1.51. The molecule has 0 atom stereocenters. The fourth-order valence-corrected chi connectivity index (χ4v) is 2.66. The second-order valence-corrected chi connectivity index (χ2v) is 6.05. The lowest BCUT2D eigenvalue weighted by Crippen LogP contribution is -2.35. The Morgan fingerprint density at radius 3 is 2.59 bits per heavy atom. The minimum atomic E-state index is -0.454. The number of carbonyl (C=O) groups excluding carboxylic acids is 2. The van der Waals surface area contributed by atoms with Crippen LogP contribution in [0.25, 0.3) is 11.3 Å². The molecule has 3 aromatic rings. The summed E-state index contributed by atoms with van der Waals surface area (Å²) in [5, 5.41) is 6.54. The van der Waals surface area contributed by atoms with Gasteiger partial charge in [-0.05, 0) is 25.1 Å². The Hall–Kier alpha value is -3.48. The second kappa shape index (κ2) is 7.82. The number of benzene rings is 2. The van der Waals surface area contributed by atoms with Crippen LogP contribution in [0.15, 0.2) is 59.1 Å². The van der Waals surface area contributed by atoms with Crippen molar-refractivity contribution in [3.63, 3.8) is 0 Å². The van der Waals surface area contributed by atoms with E-state index >= 15 is 0 Å². The van der Waals surface area contributed by atoms with E-state index in [0.29, 0.717) is 22.7 Å². The SMILES string of the molecule is Cc1onc(-c2ccccc2)c1C(=O)N(C)CC(=O)Nc1cccc(F)c1. The molecule has 1 aromatic heterocycles. The highest BCUT2D eigenvalue weighted by Crippen LogP contribution is 2.26. The number of aryl methyl sites for hydroxylation is 1. The summed E-state index contributed by atoms with van der Waals surface area (Å²) in [5.41, 5.74) is 1.81. The van der Waals surface area contributed by atoms with Gasteiger partial charge in [-0.1, -0.05) is 41.6 Å². The first-order valence-corrected chi connectivity index (χ1v) is 8.28. The molecule has 3 rings (SSSR count). The van der Waals surface area contributed by atoms with Crippen molar-refractivity contribution < 1.29 is 18.5 Å². The van der Waals surface area contributed by atoms with E-state index in [-0.39, 0.29) is 12.5 Å². The minimum Gasteiger partial charge on any atom is -0.360 e. The summed E-state index contributed by atoms with van der Waals surface area (Å²) in [6, 6.07) is 14.7. The number of nitrogens with one attached hydrogen (secondary N) is 1. The third-order valence-corrected chi connectivity index (χ3v) is 3.96. The number of hydrogen-bond donors (Lipinski definition) is 1. The van der Waals surface area contributed by atoms with Gasteiger partial charge in [0, 0.05) is 18.3 Å². The van der Waals surface area contributed by atoms with Crippen LogP contribution in [0.5, 0.6) is 0 Å². The molecule has 0 aliphatic heterocycles. The first-order chi connectivity index (χ1) is 13.0. The van der Waals surface area contributed by atoms with Gasteiger partial charge in [0.1, 0.15) is 22.8 Å². The monoisotopic (exact) mass is 367 g/mol. The normalized spacial score (nSPS) is 10.5. The zero-order valence-electron chi connectivity index (χ0n) is 14.9. The van der Waals surface area contributed by atoms with Crippen molar-refractivity contribution in [3.8, 4) is 11.3 Å². The second-order valence-electron chi connectivity index (χ2n) is 6.05. The van der Waals surface area contributed by atoms with E-state index < -0.39 is 11.7 Å². The Labute approximate surface area is 155 Å². The van der Waals surface area contributed by atoms with Crippen LogP contribution in [0, 0.1) is 12.7 Å². The van der Waals surface area contributed by atoms with E-state index in [1.165, 1.54) is 30.1 Å². The van der Waals surface area contributed by atoms with E-state index in [9.17, 15) is 14.0 Å². The van der Waals surface area contributed by atoms with Crippen LogP contribution in [-0.4, -0.2) is 35.5 Å². The molecule has 0 radical (unpaired) electrons. The van der Waals surface area contributed by atoms with Gasteiger partial charge in [-0.2, -0.15) is 0 Å². The molecule has 0 saturated carbocycles. The maximum Gasteiger partial charge on any atom is 0.259 e. The number of carbonyl (C=O) groups is 2. The summed E-state index contributed by atoms with van der Waals surface area (Å²) in [5.74, 6) is -0.908. The van der Waals surface area contributed by atoms with Gasteiger partial charge in [0.25, 0.3) is 5.91 Å². The van der Waals surface area contributed by atoms with Gasteiger partial charge in [-0.25, -0.2) is 4.39 Å². The number of halogens is 1. The van der Waals surface area contributed by atoms with Crippen molar-refractivity contribution in [1.29, 1.82) is 0 Å². The highest BCUT2D eigenvalue weighted by molar-refractivity contribution is 6.03. The van der Waals surface area contributed by atoms with Gasteiger partial charge < -0.3 is 14.7 Å². The molecular weight excluding hydrogens is 349 g/mol. The summed E-state index contributed by atoms with van der Waals surface area (Å²) in [4.78, 5) is 26.3. The Morgan fingerprint density at radius 2 is 1.89 bits per heavy atom. The summed E-state index contributed by atoms with van der Waals surface area (Å²) < 4.78 is 18.4. The number of amides is 2. The van der Waals surface area contributed by atoms with Crippen molar-refractivity contribution >= 4 is 17.5 Å². The molecule has 0 aliphatic rings. The van der Waals surface area contributed by atoms with Crippen LogP contribution < -0.4 is 5.32 Å². The number of anilines is 1. The van der Waals surface area contributed by atoms with Gasteiger partial charge in [0.15, 0.2) is 0 Å². The van der Waals surface area contributed by atoms with E-state index in [2.05, 4.69) is 10.5 Å². The molecule has 0 unspecified atom stereocenters. The average Bonchev–Trinajstić information content (AvgIpc) is 3.03. The van der Waals surface area contributed by atoms with Crippen LogP contribution in [0.1, 0.15) is 16.1 Å². The number of hydrogen-bond acceptors (Lipinski definition) is 4. The molecule has 0 bridgehead atoms. The molecule has 0 spiro atoms. The van der Waals surface area contributed by atoms with Crippen LogP contribution in [0.4, 0.5) is 10.1 Å². The number of likely N-dealkylation sites (N-methyl/N-ethyl adjacent to an activating group) is 1. The number of rotatable bonds is 5. The lowest BCUT2D eigenvalue weighted by Gasteiger charge is -2.17. The van der Waals surface area contributed by atoms with Crippen LogP contribution in [0.2, 0.25) is 0 Å². The zero-order chi connectivity index (χ0) is 19.4. The average molecular weight is 367 g/mol. The summed E-state index contributed by atoms with van der Waals surface area (Å²) in [6.07, 6.45) is 0. The minimum absolute atomic E-state index is 0.200. The quantitative estimate of drug-likeness (QED) is 0.749. The van der Waals surface area contributed by atoms with E-state index in [4.69, 9.17) is 4.52 Å². The molecule has 6 nitrogen and oxygen atoms in total. The number of aromatic nitrogens is 1. The highest BCUT2D eigenvalue weighted by atomic mass is 19.1. The molecule has 1 heterocycles. The lowest BCUT2D eigenvalue weighted by atomic mass is 10.1. The summed E-state index contributed by atoms with van der Waals surface area (Å²) >= 11 is 0. The maximum absolute atomic E-state index is 13.2. The van der Waals surface area contributed by atoms with Gasteiger partial charge in [0.2, 0.25) is 5.91 Å². The van der Waals surface area contributed by atoms with E-state index in [0.717, 1.165) is 5.56 Å². The van der Waals surface area contributed by atoms with Crippen LogP contribution >= 0.6 is 0 Å². The highest BCUT2D eigenvalue weighted by Gasteiger charge is 2.25. The van der Waals surface area contributed by atoms with Crippen LogP contribution in [0.3, 0.4) is 0 Å².